The Morgan fingerprint density at radius 2 is 1.59 bits per heavy atom. The van der Waals surface area contributed by atoms with Crippen molar-refractivity contribution in [2.45, 2.75) is 64.8 Å². The zero-order valence-electron chi connectivity index (χ0n) is 20.0. The summed E-state index contributed by atoms with van der Waals surface area (Å²) in [5.74, 6) is 2.22. The summed E-state index contributed by atoms with van der Waals surface area (Å²) in [6.45, 7) is 9.26. The first-order valence-corrected chi connectivity index (χ1v) is 13.0. The van der Waals surface area contributed by atoms with E-state index in [0.717, 1.165) is 64.8 Å². The third kappa shape index (κ3) is 5.36. The molecule has 3 fully saturated rings. The number of carbonyl (C=O) groups excluding carboxylic acids is 2. The SMILES string of the molecule is CCC(CC)C(=O)N1CC2CN(CCC(NC(=O)C3CCCC3)c3ccccc3)C[C@H]2C1. The molecule has 2 amide bonds. The van der Waals surface area contributed by atoms with Crippen molar-refractivity contribution in [3.8, 4) is 0 Å². The fourth-order valence-electron chi connectivity index (χ4n) is 6.15. The van der Waals surface area contributed by atoms with Gasteiger partial charge < -0.3 is 15.1 Å². The number of benzene rings is 1. The smallest absolute Gasteiger partial charge is 0.225 e. The molecule has 0 bridgehead atoms. The number of nitrogens with zero attached hydrogens (tertiary/aromatic N) is 2. The largest absolute Gasteiger partial charge is 0.349 e. The van der Waals surface area contributed by atoms with Crippen molar-refractivity contribution < 1.29 is 9.59 Å². The van der Waals surface area contributed by atoms with Crippen molar-refractivity contribution in [1.29, 1.82) is 0 Å². The summed E-state index contributed by atoms with van der Waals surface area (Å²) in [4.78, 5) is 30.3. The van der Waals surface area contributed by atoms with Crippen LogP contribution in [-0.2, 0) is 9.59 Å². The number of rotatable bonds is 9. The van der Waals surface area contributed by atoms with Gasteiger partial charge in [0.1, 0.15) is 0 Å². The van der Waals surface area contributed by atoms with E-state index in [-0.39, 0.29) is 23.8 Å². The second-order valence-electron chi connectivity index (χ2n) is 10.3. The topological polar surface area (TPSA) is 52.7 Å². The number of hydrogen-bond donors (Lipinski definition) is 1. The lowest BCUT2D eigenvalue weighted by molar-refractivity contribution is -0.135. The Hall–Kier alpha value is -1.88. The Labute approximate surface area is 193 Å². The average Bonchev–Trinajstić information content (AvgIpc) is 3.54. The van der Waals surface area contributed by atoms with Gasteiger partial charge in [0.05, 0.1) is 6.04 Å². The van der Waals surface area contributed by atoms with Crippen LogP contribution in [0.25, 0.3) is 0 Å². The number of hydrogen-bond acceptors (Lipinski definition) is 3. The number of carbonyl (C=O) groups is 2. The fraction of sp³-hybridized carbons (Fsp3) is 0.704. The minimum absolute atomic E-state index is 0.0812. The molecule has 1 aromatic carbocycles. The number of amides is 2. The summed E-state index contributed by atoms with van der Waals surface area (Å²) in [6, 6.07) is 10.5. The van der Waals surface area contributed by atoms with Gasteiger partial charge in [0.2, 0.25) is 11.8 Å². The lowest BCUT2D eigenvalue weighted by Gasteiger charge is -2.26. The summed E-state index contributed by atoms with van der Waals surface area (Å²) >= 11 is 0. The third-order valence-electron chi connectivity index (χ3n) is 8.19. The van der Waals surface area contributed by atoms with Crippen LogP contribution in [-0.4, -0.2) is 54.3 Å². The second-order valence-corrected chi connectivity index (χ2v) is 10.3. The Bertz CT molecular complexity index is 743. The Morgan fingerprint density at radius 1 is 0.969 bits per heavy atom. The van der Waals surface area contributed by atoms with E-state index in [1.54, 1.807) is 0 Å². The predicted octanol–water partition coefficient (Wildman–Crippen LogP) is 4.25. The number of likely N-dealkylation sites (tertiary alicyclic amines) is 2. The summed E-state index contributed by atoms with van der Waals surface area (Å²) in [6.07, 6.45) is 7.27. The first-order chi connectivity index (χ1) is 15.6. The van der Waals surface area contributed by atoms with E-state index in [1.807, 2.05) is 6.07 Å². The Kier molecular flexibility index (Phi) is 7.88. The summed E-state index contributed by atoms with van der Waals surface area (Å²) in [7, 11) is 0. The van der Waals surface area contributed by atoms with Gasteiger partial charge >= 0.3 is 0 Å². The van der Waals surface area contributed by atoms with Crippen LogP contribution in [0.1, 0.15) is 70.4 Å². The molecule has 2 saturated heterocycles. The van der Waals surface area contributed by atoms with Crippen LogP contribution < -0.4 is 5.32 Å². The summed E-state index contributed by atoms with van der Waals surface area (Å²) in [5, 5.41) is 3.38. The monoisotopic (exact) mass is 439 g/mol. The van der Waals surface area contributed by atoms with E-state index >= 15 is 0 Å². The maximum absolute atomic E-state index is 12.8. The van der Waals surface area contributed by atoms with E-state index in [2.05, 4.69) is 53.2 Å². The molecule has 32 heavy (non-hydrogen) atoms. The molecular weight excluding hydrogens is 398 g/mol. The minimum atomic E-state index is 0.0812. The molecule has 1 aliphatic carbocycles. The summed E-state index contributed by atoms with van der Waals surface area (Å²) < 4.78 is 0. The zero-order chi connectivity index (χ0) is 22.5. The van der Waals surface area contributed by atoms with Gasteiger partial charge in [0.15, 0.2) is 0 Å². The van der Waals surface area contributed by atoms with Gasteiger partial charge in [-0.25, -0.2) is 0 Å². The molecule has 2 unspecified atom stereocenters. The molecule has 3 aliphatic rings. The maximum atomic E-state index is 12.8. The van der Waals surface area contributed by atoms with E-state index in [1.165, 1.54) is 18.4 Å². The number of nitrogens with one attached hydrogen (secondary N) is 1. The molecule has 2 aliphatic heterocycles. The van der Waals surface area contributed by atoms with Gasteiger partial charge in [-0.2, -0.15) is 0 Å². The van der Waals surface area contributed by atoms with Crippen molar-refractivity contribution in [1.82, 2.24) is 15.1 Å². The van der Waals surface area contributed by atoms with Gasteiger partial charge in [-0.15, -0.1) is 0 Å². The van der Waals surface area contributed by atoms with Crippen molar-refractivity contribution in [2.75, 3.05) is 32.7 Å². The standard InChI is InChI=1S/C27H41N3O2/c1-3-20(4-2)27(32)30-18-23-16-29(17-24(23)19-30)15-14-25(21-10-6-5-7-11-21)28-26(31)22-12-8-9-13-22/h5-7,10-11,20,22-25H,3-4,8-9,12-19H2,1-2H3,(H,28,31)/t23-,24?,25?/m0/s1. The van der Waals surface area contributed by atoms with Crippen LogP contribution in [0.2, 0.25) is 0 Å². The van der Waals surface area contributed by atoms with Crippen molar-refractivity contribution in [3.63, 3.8) is 0 Å². The molecule has 1 N–H and O–H groups in total. The molecule has 0 aromatic heterocycles. The highest BCUT2D eigenvalue weighted by molar-refractivity contribution is 5.79. The lowest BCUT2D eigenvalue weighted by atomic mass is 10.0. The molecule has 0 radical (unpaired) electrons. The van der Waals surface area contributed by atoms with Crippen LogP contribution in [0.15, 0.2) is 30.3 Å². The third-order valence-corrected chi connectivity index (χ3v) is 8.19. The van der Waals surface area contributed by atoms with Crippen LogP contribution in [0.5, 0.6) is 0 Å². The van der Waals surface area contributed by atoms with E-state index in [9.17, 15) is 9.59 Å². The van der Waals surface area contributed by atoms with Gasteiger partial charge in [-0.1, -0.05) is 57.0 Å². The average molecular weight is 440 g/mol. The number of fused-ring (bicyclic) bond motifs is 1. The van der Waals surface area contributed by atoms with Gasteiger partial charge in [0.25, 0.3) is 0 Å². The second kappa shape index (κ2) is 10.8. The molecule has 0 spiro atoms. The molecule has 1 saturated carbocycles. The van der Waals surface area contributed by atoms with Crippen LogP contribution in [0.4, 0.5) is 0 Å². The Morgan fingerprint density at radius 3 is 2.19 bits per heavy atom. The molecule has 5 heteroatoms. The van der Waals surface area contributed by atoms with E-state index < -0.39 is 0 Å². The van der Waals surface area contributed by atoms with Crippen LogP contribution in [0, 0.1) is 23.7 Å². The molecule has 1 aromatic rings. The maximum Gasteiger partial charge on any atom is 0.225 e. The highest BCUT2D eigenvalue weighted by Crippen LogP contribution is 2.33. The highest BCUT2D eigenvalue weighted by Gasteiger charge is 2.42. The highest BCUT2D eigenvalue weighted by atomic mass is 16.2. The first-order valence-electron chi connectivity index (χ1n) is 13.0. The molecule has 3 atom stereocenters. The zero-order valence-corrected chi connectivity index (χ0v) is 20.0. The van der Waals surface area contributed by atoms with Crippen LogP contribution in [0.3, 0.4) is 0 Å². The van der Waals surface area contributed by atoms with Gasteiger partial charge in [-0.3, -0.25) is 9.59 Å². The quantitative estimate of drug-likeness (QED) is 0.626. The minimum Gasteiger partial charge on any atom is -0.349 e. The lowest BCUT2D eigenvalue weighted by Crippen LogP contribution is -2.38. The molecule has 2 heterocycles. The van der Waals surface area contributed by atoms with Crippen LogP contribution >= 0.6 is 0 Å². The molecule has 176 valence electrons. The Balaban J connectivity index is 1.30. The normalized spacial score (nSPS) is 24.8. The van der Waals surface area contributed by atoms with E-state index in [0.29, 0.717) is 17.7 Å². The molecular formula is C27H41N3O2. The molecule has 5 nitrogen and oxygen atoms in total. The van der Waals surface area contributed by atoms with Gasteiger partial charge in [0, 0.05) is 44.6 Å². The predicted molar refractivity (Wildman–Crippen MR) is 128 cm³/mol. The molecule has 4 rings (SSSR count). The van der Waals surface area contributed by atoms with Crippen molar-refractivity contribution >= 4 is 11.8 Å². The van der Waals surface area contributed by atoms with E-state index in [4.69, 9.17) is 0 Å². The van der Waals surface area contributed by atoms with Gasteiger partial charge in [-0.05, 0) is 49.5 Å². The van der Waals surface area contributed by atoms with Crippen molar-refractivity contribution in [3.05, 3.63) is 35.9 Å². The fourth-order valence-corrected chi connectivity index (χ4v) is 6.15. The van der Waals surface area contributed by atoms with Crippen molar-refractivity contribution in [2.24, 2.45) is 23.7 Å². The first kappa shape index (κ1) is 23.3. The summed E-state index contributed by atoms with van der Waals surface area (Å²) in [5.41, 5.74) is 1.21.